The van der Waals surface area contributed by atoms with Crippen molar-refractivity contribution in [1.29, 1.82) is 0 Å². The SMILES string of the molecule is COCCSc1nnc(NC(=O)C(C)Oc2ccccc2)s1. The molecule has 0 aliphatic carbocycles. The fraction of sp³-hybridized carbons (Fsp3) is 0.357. The summed E-state index contributed by atoms with van der Waals surface area (Å²) in [4.78, 5) is 12.1. The third-order valence-electron chi connectivity index (χ3n) is 2.57. The van der Waals surface area contributed by atoms with Crippen LogP contribution in [-0.2, 0) is 9.53 Å². The topological polar surface area (TPSA) is 73.3 Å². The number of rotatable bonds is 8. The molecule has 0 radical (unpaired) electrons. The third kappa shape index (κ3) is 5.28. The van der Waals surface area contributed by atoms with E-state index >= 15 is 0 Å². The van der Waals surface area contributed by atoms with Crippen molar-refractivity contribution >= 4 is 34.1 Å². The van der Waals surface area contributed by atoms with E-state index in [0.29, 0.717) is 17.5 Å². The summed E-state index contributed by atoms with van der Waals surface area (Å²) in [6.07, 6.45) is -0.615. The molecule has 1 aromatic carbocycles. The molecule has 118 valence electrons. The molecular formula is C14H17N3O3S2. The summed E-state index contributed by atoms with van der Waals surface area (Å²) in [5.41, 5.74) is 0. The lowest BCUT2D eigenvalue weighted by atomic mass is 10.3. The van der Waals surface area contributed by atoms with Gasteiger partial charge in [0.05, 0.1) is 6.61 Å². The fourth-order valence-electron chi connectivity index (χ4n) is 1.49. The minimum Gasteiger partial charge on any atom is -0.481 e. The number of carbonyl (C=O) groups excluding carboxylic acids is 1. The third-order valence-corrected chi connectivity index (χ3v) is 4.51. The normalized spacial score (nSPS) is 11.9. The summed E-state index contributed by atoms with van der Waals surface area (Å²) in [5.74, 6) is 1.19. The summed E-state index contributed by atoms with van der Waals surface area (Å²) in [7, 11) is 1.65. The molecule has 0 fully saturated rings. The van der Waals surface area contributed by atoms with Crippen LogP contribution in [0.1, 0.15) is 6.92 Å². The molecule has 1 aromatic heterocycles. The highest BCUT2D eigenvalue weighted by molar-refractivity contribution is 8.01. The first-order valence-electron chi connectivity index (χ1n) is 6.67. The molecule has 1 amide bonds. The zero-order valence-corrected chi connectivity index (χ0v) is 13.9. The minimum atomic E-state index is -0.615. The summed E-state index contributed by atoms with van der Waals surface area (Å²) >= 11 is 2.87. The zero-order valence-electron chi connectivity index (χ0n) is 12.3. The van der Waals surface area contributed by atoms with Crippen molar-refractivity contribution in [1.82, 2.24) is 10.2 Å². The predicted molar refractivity (Wildman–Crippen MR) is 87.7 cm³/mol. The van der Waals surface area contributed by atoms with E-state index in [1.54, 1.807) is 37.9 Å². The lowest BCUT2D eigenvalue weighted by molar-refractivity contribution is -0.122. The standard InChI is InChI=1S/C14H17N3O3S2/c1-10(20-11-6-4-3-5-7-11)12(18)15-13-16-17-14(22-13)21-9-8-19-2/h3-7,10H,8-9H2,1-2H3,(H,15,16,18). The van der Waals surface area contributed by atoms with Crippen LogP contribution in [0.25, 0.3) is 0 Å². The Morgan fingerprint density at radius 1 is 1.36 bits per heavy atom. The number of nitrogens with zero attached hydrogens (tertiary/aromatic N) is 2. The van der Waals surface area contributed by atoms with Gasteiger partial charge >= 0.3 is 0 Å². The number of methoxy groups -OCH3 is 1. The van der Waals surface area contributed by atoms with Crippen LogP contribution in [0, 0.1) is 0 Å². The highest BCUT2D eigenvalue weighted by Gasteiger charge is 2.17. The molecule has 0 bridgehead atoms. The number of hydrogen-bond donors (Lipinski definition) is 1. The van der Waals surface area contributed by atoms with Gasteiger partial charge in [0.15, 0.2) is 10.4 Å². The van der Waals surface area contributed by atoms with Crippen molar-refractivity contribution in [2.45, 2.75) is 17.4 Å². The molecular weight excluding hydrogens is 322 g/mol. The Kier molecular flexibility index (Phi) is 6.63. The molecule has 22 heavy (non-hydrogen) atoms. The fourth-order valence-corrected chi connectivity index (χ4v) is 3.22. The Morgan fingerprint density at radius 3 is 2.86 bits per heavy atom. The van der Waals surface area contributed by atoms with E-state index in [1.807, 2.05) is 18.2 Å². The average molecular weight is 339 g/mol. The maximum Gasteiger partial charge on any atom is 0.266 e. The van der Waals surface area contributed by atoms with Gasteiger partial charge in [0.1, 0.15) is 5.75 Å². The van der Waals surface area contributed by atoms with Gasteiger partial charge in [-0.3, -0.25) is 10.1 Å². The summed E-state index contributed by atoms with van der Waals surface area (Å²) in [6.45, 7) is 2.34. The first kappa shape index (κ1) is 16.7. The second-order valence-electron chi connectivity index (χ2n) is 4.28. The van der Waals surface area contributed by atoms with Gasteiger partial charge in [-0.1, -0.05) is 41.3 Å². The van der Waals surface area contributed by atoms with E-state index in [4.69, 9.17) is 9.47 Å². The van der Waals surface area contributed by atoms with Gasteiger partial charge in [-0.05, 0) is 19.1 Å². The molecule has 1 atom stereocenters. The molecule has 1 N–H and O–H groups in total. The highest BCUT2D eigenvalue weighted by Crippen LogP contribution is 2.25. The van der Waals surface area contributed by atoms with Crippen LogP contribution in [0.5, 0.6) is 5.75 Å². The van der Waals surface area contributed by atoms with Gasteiger partial charge in [0, 0.05) is 12.9 Å². The molecule has 0 aliphatic heterocycles. The molecule has 6 nitrogen and oxygen atoms in total. The summed E-state index contributed by atoms with van der Waals surface area (Å²) < 4.78 is 11.3. The molecule has 1 unspecified atom stereocenters. The zero-order chi connectivity index (χ0) is 15.8. The van der Waals surface area contributed by atoms with E-state index in [0.717, 1.165) is 10.1 Å². The molecule has 0 aliphatic rings. The van der Waals surface area contributed by atoms with Gasteiger partial charge in [-0.15, -0.1) is 10.2 Å². The number of aromatic nitrogens is 2. The number of para-hydroxylation sites is 1. The van der Waals surface area contributed by atoms with Gasteiger partial charge in [0.2, 0.25) is 5.13 Å². The lowest BCUT2D eigenvalue weighted by Crippen LogP contribution is -2.30. The number of nitrogens with one attached hydrogen (secondary N) is 1. The van der Waals surface area contributed by atoms with Crippen LogP contribution < -0.4 is 10.1 Å². The van der Waals surface area contributed by atoms with E-state index in [2.05, 4.69) is 15.5 Å². The van der Waals surface area contributed by atoms with Gasteiger partial charge in [-0.25, -0.2) is 0 Å². The Morgan fingerprint density at radius 2 is 2.14 bits per heavy atom. The van der Waals surface area contributed by atoms with Crippen LogP contribution >= 0.6 is 23.1 Å². The maximum absolute atomic E-state index is 12.1. The van der Waals surface area contributed by atoms with Crippen molar-refractivity contribution in [3.8, 4) is 5.75 Å². The number of carbonyl (C=O) groups is 1. The molecule has 1 heterocycles. The highest BCUT2D eigenvalue weighted by atomic mass is 32.2. The first-order chi connectivity index (χ1) is 10.7. The predicted octanol–water partition coefficient (Wildman–Crippen LogP) is 2.68. The summed E-state index contributed by atoms with van der Waals surface area (Å²) in [6, 6.07) is 9.21. The number of hydrogen-bond acceptors (Lipinski definition) is 7. The molecule has 0 spiro atoms. The van der Waals surface area contributed by atoms with E-state index in [-0.39, 0.29) is 5.91 Å². The van der Waals surface area contributed by atoms with E-state index in [1.165, 1.54) is 11.3 Å². The van der Waals surface area contributed by atoms with Crippen molar-refractivity contribution in [2.75, 3.05) is 24.8 Å². The maximum atomic E-state index is 12.1. The minimum absolute atomic E-state index is 0.256. The number of ether oxygens (including phenoxy) is 2. The molecule has 0 saturated heterocycles. The van der Waals surface area contributed by atoms with E-state index < -0.39 is 6.10 Å². The molecule has 2 aromatic rings. The van der Waals surface area contributed by atoms with Crippen molar-refractivity contribution < 1.29 is 14.3 Å². The van der Waals surface area contributed by atoms with Crippen LogP contribution in [0.4, 0.5) is 5.13 Å². The lowest BCUT2D eigenvalue weighted by Gasteiger charge is -2.13. The Hall–Kier alpha value is -1.64. The average Bonchev–Trinajstić information content (AvgIpc) is 2.96. The summed E-state index contributed by atoms with van der Waals surface area (Å²) in [5, 5.41) is 11.1. The smallest absolute Gasteiger partial charge is 0.266 e. The van der Waals surface area contributed by atoms with Crippen molar-refractivity contribution in [2.24, 2.45) is 0 Å². The van der Waals surface area contributed by atoms with Gasteiger partial charge < -0.3 is 9.47 Å². The van der Waals surface area contributed by atoms with Crippen LogP contribution in [0.2, 0.25) is 0 Å². The Balaban J connectivity index is 1.83. The Labute approximate surface area is 137 Å². The Bertz CT molecular complexity index is 592. The molecule has 2 rings (SSSR count). The van der Waals surface area contributed by atoms with Crippen molar-refractivity contribution in [3.63, 3.8) is 0 Å². The van der Waals surface area contributed by atoms with Crippen molar-refractivity contribution in [3.05, 3.63) is 30.3 Å². The molecule has 0 saturated carbocycles. The van der Waals surface area contributed by atoms with Gasteiger partial charge in [-0.2, -0.15) is 0 Å². The monoisotopic (exact) mass is 339 g/mol. The van der Waals surface area contributed by atoms with Crippen LogP contribution in [-0.4, -0.2) is 41.7 Å². The number of benzene rings is 1. The second kappa shape index (κ2) is 8.72. The van der Waals surface area contributed by atoms with Crippen LogP contribution in [0.3, 0.4) is 0 Å². The van der Waals surface area contributed by atoms with Crippen LogP contribution in [0.15, 0.2) is 34.7 Å². The van der Waals surface area contributed by atoms with E-state index in [9.17, 15) is 4.79 Å². The largest absolute Gasteiger partial charge is 0.481 e. The number of anilines is 1. The quantitative estimate of drug-likeness (QED) is 0.453. The first-order valence-corrected chi connectivity index (χ1v) is 8.47. The number of amides is 1. The number of thioether (sulfide) groups is 1. The van der Waals surface area contributed by atoms with Gasteiger partial charge in [0.25, 0.3) is 5.91 Å². The second-order valence-corrected chi connectivity index (χ2v) is 6.60. The molecule has 8 heteroatoms.